The van der Waals surface area contributed by atoms with Gasteiger partial charge in [0.25, 0.3) is 0 Å². The average molecular weight is 145 g/mol. The number of hydrogen-bond acceptors (Lipinski definition) is 3. The minimum Gasteiger partial charge on any atom is -0.383 e. The summed E-state index contributed by atoms with van der Waals surface area (Å²) in [4.78, 5) is 10.9. The van der Waals surface area contributed by atoms with Crippen LogP contribution in [-0.4, -0.2) is 25.5 Å². The van der Waals surface area contributed by atoms with Crippen LogP contribution >= 0.6 is 0 Å². The fourth-order valence-corrected chi connectivity index (χ4v) is 0.704. The molecule has 0 rings (SSSR count). The van der Waals surface area contributed by atoms with E-state index in [0.717, 1.165) is 6.42 Å². The van der Waals surface area contributed by atoms with Crippen LogP contribution in [-0.2, 0) is 9.53 Å². The summed E-state index contributed by atoms with van der Waals surface area (Å²) in [6.07, 6.45) is 1.42. The Labute approximate surface area is 61.5 Å². The molecule has 0 aliphatic carbocycles. The zero-order valence-corrected chi connectivity index (χ0v) is 6.59. The molecule has 0 aromatic rings. The second-order valence-corrected chi connectivity index (χ2v) is 2.28. The molecular formula is C7H15NO2. The van der Waals surface area contributed by atoms with Gasteiger partial charge in [0, 0.05) is 13.5 Å². The first kappa shape index (κ1) is 9.59. The van der Waals surface area contributed by atoms with Gasteiger partial charge in [-0.25, -0.2) is 0 Å². The standard InChI is InChI=1S/C7H15NO2/c1-3-4-7(9)6(8)5-10-2/h6H,3-5,8H2,1-2H3. The van der Waals surface area contributed by atoms with E-state index in [2.05, 4.69) is 0 Å². The molecule has 0 heterocycles. The fraction of sp³-hybridized carbons (Fsp3) is 0.857. The van der Waals surface area contributed by atoms with Gasteiger partial charge in [0.05, 0.1) is 12.6 Å². The lowest BCUT2D eigenvalue weighted by molar-refractivity contribution is -0.121. The van der Waals surface area contributed by atoms with E-state index < -0.39 is 6.04 Å². The van der Waals surface area contributed by atoms with E-state index >= 15 is 0 Å². The molecule has 10 heavy (non-hydrogen) atoms. The smallest absolute Gasteiger partial charge is 0.151 e. The van der Waals surface area contributed by atoms with Gasteiger partial charge in [-0.15, -0.1) is 0 Å². The van der Waals surface area contributed by atoms with Crippen LogP contribution in [0.4, 0.5) is 0 Å². The zero-order valence-electron chi connectivity index (χ0n) is 6.59. The van der Waals surface area contributed by atoms with E-state index in [-0.39, 0.29) is 5.78 Å². The van der Waals surface area contributed by atoms with Gasteiger partial charge in [-0.1, -0.05) is 6.92 Å². The lowest BCUT2D eigenvalue weighted by Gasteiger charge is -2.06. The Balaban J connectivity index is 3.49. The molecule has 0 aromatic heterocycles. The number of ketones is 1. The molecule has 3 nitrogen and oxygen atoms in total. The van der Waals surface area contributed by atoms with Gasteiger partial charge in [-0.3, -0.25) is 4.79 Å². The van der Waals surface area contributed by atoms with Crippen molar-refractivity contribution in [2.45, 2.75) is 25.8 Å². The summed E-state index contributed by atoms with van der Waals surface area (Å²) in [5, 5.41) is 0. The molecule has 1 unspecified atom stereocenters. The fourth-order valence-electron chi connectivity index (χ4n) is 0.704. The van der Waals surface area contributed by atoms with Crippen molar-refractivity contribution in [3.8, 4) is 0 Å². The van der Waals surface area contributed by atoms with Gasteiger partial charge in [-0.2, -0.15) is 0 Å². The van der Waals surface area contributed by atoms with Crippen molar-refractivity contribution < 1.29 is 9.53 Å². The Morgan fingerprint density at radius 3 is 2.70 bits per heavy atom. The summed E-state index contributed by atoms with van der Waals surface area (Å²) in [7, 11) is 1.54. The highest BCUT2D eigenvalue weighted by atomic mass is 16.5. The van der Waals surface area contributed by atoms with E-state index in [0.29, 0.717) is 13.0 Å². The third-order valence-electron chi connectivity index (χ3n) is 1.26. The van der Waals surface area contributed by atoms with Crippen molar-refractivity contribution in [3.63, 3.8) is 0 Å². The second-order valence-electron chi connectivity index (χ2n) is 2.28. The molecule has 0 fully saturated rings. The molecule has 1 atom stereocenters. The minimum atomic E-state index is -0.426. The first-order valence-corrected chi connectivity index (χ1v) is 3.49. The maximum atomic E-state index is 10.9. The highest BCUT2D eigenvalue weighted by molar-refractivity contribution is 5.83. The topological polar surface area (TPSA) is 52.3 Å². The van der Waals surface area contributed by atoms with Crippen molar-refractivity contribution in [2.75, 3.05) is 13.7 Å². The predicted molar refractivity (Wildman–Crippen MR) is 39.8 cm³/mol. The second kappa shape index (κ2) is 5.38. The summed E-state index contributed by atoms with van der Waals surface area (Å²) in [5.41, 5.74) is 5.44. The van der Waals surface area contributed by atoms with Crippen LogP contribution in [0.15, 0.2) is 0 Å². The van der Waals surface area contributed by atoms with E-state index in [1.165, 1.54) is 0 Å². The Bertz CT molecular complexity index is 104. The van der Waals surface area contributed by atoms with Crippen LogP contribution in [0.2, 0.25) is 0 Å². The van der Waals surface area contributed by atoms with Crippen LogP contribution in [0.25, 0.3) is 0 Å². The zero-order chi connectivity index (χ0) is 7.98. The van der Waals surface area contributed by atoms with Crippen molar-refractivity contribution in [1.29, 1.82) is 0 Å². The highest BCUT2D eigenvalue weighted by Crippen LogP contribution is 1.93. The molecular weight excluding hydrogens is 130 g/mol. The molecule has 2 N–H and O–H groups in total. The third kappa shape index (κ3) is 3.58. The van der Waals surface area contributed by atoms with Crippen LogP contribution < -0.4 is 5.73 Å². The first-order valence-electron chi connectivity index (χ1n) is 3.49. The van der Waals surface area contributed by atoms with Gasteiger partial charge in [-0.05, 0) is 6.42 Å². The maximum absolute atomic E-state index is 10.9. The van der Waals surface area contributed by atoms with E-state index in [4.69, 9.17) is 10.5 Å². The summed E-state index contributed by atoms with van der Waals surface area (Å²) in [6, 6.07) is -0.426. The van der Waals surface area contributed by atoms with Gasteiger partial charge in [0.1, 0.15) is 0 Å². The van der Waals surface area contributed by atoms with Gasteiger partial charge >= 0.3 is 0 Å². The molecule has 3 heteroatoms. The van der Waals surface area contributed by atoms with Crippen molar-refractivity contribution in [3.05, 3.63) is 0 Å². The van der Waals surface area contributed by atoms with E-state index in [9.17, 15) is 4.79 Å². The van der Waals surface area contributed by atoms with Crippen LogP contribution in [0.1, 0.15) is 19.8 Å². The summed E-state index contributed by atoms with van der Waals surface area (Å²) >= 11 is 0. The lowest BCUT2D eigenvalue weighted by atomic mass is 10.1. The molecule has 0 aliphatic heterocycles. The number of methoxy groups -OCH3 is 1. The van der Waals surface area contributed by atoms with Crippen LogP contribution in [0.3, 0.4) is 0 Å². The molecule has 0 bridgehead atoms. The Morgan fingerprint density at radius 1 is 1.70 bits per heavy atom. The number of carbonyl (C=O) groups is 1. The normalized spacial score (nSPS) is 13.1. The number of carbonyl (C=O) groups excluding carboxylic acids is 1. The number of nitrogens with two attached hydrogens (primary N) is 1. The number of hydrogen-bond donors (Lipinski definition) is 1. The lowest BCUT2D eigenvalue weighted by Crippen LogP contribution is -2.34. The minimum absolute atomic E-state index is 0.0874. The Kier molecular flexibility index (Phi) is 5.16. The number of ether oxygens (including phenoxy) is 1. The largest absolute Gasteiger partial charge is 0.383 e. The van der Waals surface area contributed by atoms with Gasteiger partial charge in [0.15, 0.2) is 5.78 Å². The molecule has 60 valence electrons. The predicted octanol–water partition coefficient (Wildman–Crippen LogP) is 0.329. The quantitative estimate of drug-likeness (QED) is 0.606. The molecule has 0 amide bonds. The monoisotopic (exact) mass is 145 g/mol. The van der Waals surface area contributed by atoms with Crippen molar-refractivity contribution >= 4 is 5.78 Å². The maximum Gasteiger partial charge on any atom is 0.151 e. The van der Waals surface area contributed by atoms with E-state index in [1.807, 2.05) is 6.92 Å². The molecule has 0 saturated carbocycles. The van der Waals surface area contributed by atoms with Gasteiger partial charge < -0.3 is 10.5 Å². The van der Waals surface area contributed by atoms with Crippen LogP contribution in [0, 0.1) is 0 Å². The number of rotatable bonds is 5. The number of Topliss-reactive ketones (excluding diaryl/α,β-unsaturated/α-hetero) is 1. The third-order valence-corrected chi connectivity index (χ3v) is 1.26. The molecule has 0 spiro atoms. The SMILES string of the molecule is CCCC(=O)C(N)COC. The van der Waals surface area contributed by atoms with Crippen molar-refractivity contribution in [1.82, 2.24) is 0 Å². The summed E-state index contributed by atoms with van der Waals surface area (Å²) in [5.74, 6) is 0.0874. The molecule has 0 aromatic carbocycles. The summed E-state index contributed by atoms with van der Waals surface area (Å²) < 4.78 is 4.73. The van der Waals surface area contributed by atoms with Crippen LogP contribution in [0.5, 0.6) is 0 Å². The van der Waals surface area contributed by atoms with E-state index in [1.54, 1.807) is 7.11 Å². The molecule has 0 radical (unpaired) electrons. The van der Waals surface area contributed by atoms with Gasteiger partial charge in [0.2, 0.25) is 0 Å². The average Bonchev–Trinajstić information content (AvgIpc) is 1.89. The highest BCUT2D eigenvalue weighted by Gasteiger charge is 2.10. The summed E-state index contributed by atoms with van der Waals surface area (Å²) in [6.45, 7) is 2.29. The molecule has 0 aliphatic rings. The van der Waals surface area contributed by atoms with Crippen molar-refractivity contribution in [2.24, 2.45) is 5.73 Å². The molecule has 0 saturated heterocycles. The Morgan fingerprint density at radius 2 is 2.30 bits per heavy atom. The first-order chi connectivity index (χ1) is 4.72. The Hall–Kier alpha value is -0.410.